The summed E-state index contributed by atoms with van der Waals surface area (Å²) in [6.07, 6.45) is 14.1. The summed E-state index contributed by atoms with van der Waals surface area (Å²) in [6.45, 7) is 6.28. The van der Waals surface area contributed by atoms with E-state index in [-0.39, 0.29) is 13.4 Å². The quantitative estimate of drug-likeness (QED) is 0.0277. The number of hydrogen-bond acceptors (Lipinski definition) is 7. The maximum absolute atomic E-state index is 13.8. The number of carbonyl (C=O) groups excluding carboxylic acids is 2. The summed E-state index contributed by atoms with van der Waals surface area (Å²) >= 11 is 0. The first kappa shape index (κ1) is 40.1. The molecule has 0 unspecified atom stereocenters. The first-order valence-corrected chi connectivity index (χ1v) is 19.4. The van der Waals surface area contributed by atoms with E-state index in [9.17, 15) is 9.59 Å². The van der Waals surface area contributed by atoms with E-state index in [4.69, 9.17) is 23.7 Å². The van der Waals surface area contributed by atoms with Crippen molar-refractivity contribution in [1.82, 2.24) is 0 Å². The van der Waals surface area contributed by atoms with Crippen LogP contribution in [0.4, 0.5) is 0 Å². The van der Waals surface area contributed by atoms with Crippen LogP contribution in [0.1, 0.15) is 115 Å². The lowest BCUT2D eigenvalue weighted by Crippen LogP contribution is -2.22. The molecule has 7 nitrogen and oxygen atoms in total. The van der Waals surface area contributed by atoms with Crippen LogP contribution in [0.2, 0.25) is 0 Å². The fourth-order valence-electron chi connectivity index (χ4n) is 6.93. The molecule has 0 bridgehead atoms. The number of ether oxygens (including phenoxy) is 5. The van der Waals surface area contributed by atoms with Crippen LogP contribution in [-0.2, 0) is 23.7 Å². The maximum atomic E-state index is 13.8. The Bertz CT molecular complexity index is 1710. The van der Waals surface area contributed by atoms with Crippen LogP contribution in [-0.4, -0.2) is 31.9 Å². The van der Waals surface area contributed by atoms with Crippen molar-refractivity contribution in [2.75, 3.05) is 20.0 Å². The zero-order valence-electron chi connectivity index (χ0n) is 31.5. The molecule has 0 aromatic heterocycles. The van der Waals surface area contributed by atoms with Gasteiger partial charge in [-0.15, -0.1) is 0 Å². The summed E-state index contributed by atoms with van der Waals surface area (Å²) in [5.41, 5.74) is 4.42. The summed E-state index contributed by atoms with van der Waals surface area (Å²) < 4.78 is 29.1. The van der Waals surface area contributed by atoms with E-state index >= 15 is 0 Å². The van der Waals surface area contributed by atoms with E-state index in [0.717, 1.165) is 28.7 Å². The average Bonchev–Trinajstić information content (AvgIpc) is 3.22. The number of unbranched alkanes of at least 4 members (excludes halogenated alkanes) is 2. The topological polar surface area (TPSA) is 80.3 Å². The van der Waals surface area contributed by atoms with E-state index < -0.39 is 24.1 Å². The van der Waals surface area contributed by atoms with Gasteiger partial charge in [0.15, 0.2) is 12.9 Å². The molecule has 0 heterocycles. The van der Waals surface area contributed by atoms with Crippen molar-refractivity contribution in [2.45, 2.75) is 82.8 Å². The Labute approximate surface area is 321 Å². The molecule has 0 radical (unpaired) electrons. The largest absolute Gasteiger partial charge is 0.493 e. The molecule has 4 aromatic rings. The minimum atomic E-state index is -0.724. The van der Waals surface area contributed by atoms with Crippen molar-refractivity contribution in [3.8, 4) is 5.75 Å². The summed E-state index contributed by atoms with van der Waals surface area (Å²) in [6, 6.07) is 35.0. The lowest BCUT2D eigenvalue weighted by molar-refractivity contribution is -0.137. The fraction of sp³-hybridized carbons (Fsp3) is 0.362. The predicted molar refractivity (Wildman–Crippen MR) is 213 cm³/mol. The van der Waals surface area contributed by atoms with Crippen molar-refractivity contribution < 1.29 is 33.3 Å². The minimum absolute atomic E-state index is 0.0654. The zero-order chi connectivity index (χ0) is 37.8. The third-order valence-corrected chi connectivity index (χ3v) is 9.97. The number of carbonyl (C=O) groups is 2. The molecule has 7 heteroatoms. The van der Waals surface area contributed by atoms with Gasteiger partial charge in [-0.1, -0.05) is 124 Å². The van der Waals surface area contributed by atoms with Crippen LogP contribution >= 0.6 is 0 Å². The summed E-state index contributed by atoms with van der Waals surface area (Å²) in [5, 5.41) is 0. The highest BCUT2D eigenvalue weighted by atomic mass is 16.7. The molecule has 0 N–H and O–H groups in total. The lowest BCUT2D eigenvalue weighted by atomic mass is 9.77. The smallest absolute Gasteiger partial charge is 0.338 e. The Morgan fingerprint density at radius 1 is 0.759 bits per heavy atom. The Morgan fingerprint density at radius 2 is 1.43 bits per heavy atom. The van der Waals surface area contributed by atoms with Gasteiger partial charge < -0.3 is 23.7 Å². The van der Waals surface area contributed by atoms with Gasteiger partial charge in [0, 0.05) is 12.5 Å². The molecule has 0 amide bonds. The second-order valence-electron chi connectivity index (χ2n) is 13.8. The van der Waals surface area contributed by atoms with Crippen LogP contribution in [0.3, 0.4) is 0 Å². The van der Waals surface area contributed by atoms with Crippen molar-refractivity contribution in [2.24, 2.45) is 5.92 Å². The van der Waals surface area contributed by atoms with Crippen LogP contribution in [0, 0.1) is 5.92 Å². The molecule has 0 saturated heterocycles. The van der Waals surface area contributed by atoms with Crippen LogP contribution < -0.4 is 4.74 Å². The summed E-state index contributed by atoms with van der Waals surface area (Å²) in [5.74, 6) is 1.28. The molecular formula is C47H54O7. The Balaban J connectivity index is 1.18. The van der Waals surface area contributed by atoms with Gasteiger partial charge in [0.1, 0.15) is 11.9 Å². The molecule has 5 rings (SSSR count). The van der Waals surface area contributed by atoms with Crippen LogP contribution in [0.5, 0.6) is 5.75 Å². The molecule has 4 aromatic carbocycles. The van der Waals surface area contributed by atoms with Gasteiger partial charge in [-0.2, -0.15) is 0 Å². The summed E-state index contributed by atoms with van der Waals surface area (Å²) in [7, 11) is 0. The van der Waals surface area contributed by atoms with E-state index in [2.05, 4.69) is 25.6 Å². The second kappa shape index (κ2) is 22.2. The highest BCUT2D eigenvalue weighted by Crippen LogP contribution is 2.39. The average molecular weight is 731 g/mol. The highest BCUT2D eigenvalue weighted by molar-refractivity contribution is 5.89. The Hall–Kier alpha value is -5.14. The Morgan fingerprint density at radius 3 is 2.07 bits per heavy atom. The lowest BCUT2D eigenvalue weighted by Gasteiger charge is -2.29. The first-order chi connectivity index (χ1) is 26.5. The molecular weight excluding hydrogens is 677 g/mol. The van der Waals surface area contributed by atoms with Gasteiger partial charge in [0.25, 0.3) is 0 Å². The van der Waals surface area contributed by atoms with Gasteiger partial charge in [0.05, 0.1) is 25.0 Å². The standard InChI is InChI=1S/C47H54O7/c1-3-5-8-14-36-19-23-38(24-20-36)39-25-27-42(28-26-39)47(49)54-46(41-17-11-7-12-18-41)45(40-15-9-6-10-16-40)53-35-50-34-31-37-21-29-43(30-22-37)51-32-13-33-52-44(48)4-2/h4,6-7,9-12,15-18,21-22,25-31,34,36,38,45-46H,2-3,5,8,13-14,19-20,23-24,32-33,35H2,1H3/t36?,38?,45-,46-/m0/s1. The Kier molecular flexibility index (Phi) is 16.4. The van der Waals surface area contributed by atoms with E-state index in [1.807, 2.05) is 103 Å². The number of hydrogen-bond donors (Lipinski definition) is 0. The molecule has 2 atom stereocenters. The minimum Gasteiger partial charge on any atom is -0.493 e. The normalized spacial score (nSPS) is 16.6. The second-order valence-corrected chi connectivity index (χ2v) is 13.8. The van der Waals surface area contributed by atoms with Gasteiger partial charge in [-0.3, -0.25) is 0 Å². The monoisotopic (exact) mass is 730 g/mol. The third kappa shape index (κ3) is 12.8. The maximum Gasteiger partial charge on any atom is 0.338 e. The predicted octanol–water partition coefficient (Wildman–Crippen LogP) is 11.3. The third-order valence-electron chi connectivity index (χ3n) is 9.97. The first-order valence-electron chi connectivity index (χ1n) is 19.4. The van der Waals surface area contributed by atoms with Crippen LogP contribution in [0.25, 0.3) is 6.08 Å². The van der Waals surface area contributed by atoms with Gasteiger partial charge >= 0.3 is 11.9 Å². The van der Waals surface area contributed by atoms with Crippen LogP contribution in [0.15, 0.2) is 128 Å². The molecule has 1 fully saturated rings. The molecule has 54 heavy (non-hydrogen) atoms. The zero-order valence-corrected chi connectivity index (χ0v) is 31.5. The van der Waals surface area contributed by atoms with Crippen molar-refractivity contribution in [3.05, 3.63) is 156 Å². The molecule has 284 valence electrons. The number of esters is 2. The molecule has 1 aliphatic rings. The van der Waals surface area contributed by atoms with Gasteiger partial charge in [0.2, 0.25) is 0 Å². The van der Waals surface area contributed by atoms with Crippen molar-refractivity contribution in [1.29, 1.82) is 0 Å². The molecule has 1 saturated carbocycles. The van der Waals surface area contributed by atoms with Gasteiger partial charge in [-0.25, -0.2) is 9.59 Å². The molecule has 1 aliphatic carbocycles. The highest BCUT2D eigenvalue weighted by Gasteiger charge is 2.30. The summed E-state index contributed by atoms with van der Waals surface area (Å²) in [4.78, 5) is 24.9. The SMILES string of the molecule is C=CC(=O)OCCCOc1ccc(C=COCO[C@@H](c2ccccc2)[C@@H](OC(=O)c2ccc(C3CCC(CCCCC)CC3)cc2)c2ccccc2)cc1. The number of benzene rings is 4. The molecule has 0 aliphatic heterocycles. The molecule has 0 spiro atoms. The van der Waals surface area contributed by atoms with Gasteiger partial charge in [-0.05, 0) is 90.1 Å². The van der Waals surface area contributed by atoms with E-state index in [0.29, 0.717) is 30.3 Å². The van der Waals surface area contributed by atoms with Crippen molar-refractivity contribution in [3.63, 3.8) is 0 Å². The fourth-order valence-corrected chi connectivity index (χ4v) is 6.93. The van der Waals surface area contributed by atoms with Crippen molar-refractivity contribution >= 4 is 18.0 Å². The number of rotatable bonds is 21. The van der Waals surface area contributed by atoms with E-state index in [1.54, 1.807) is 6.26 Å². The van der Waals surface area contributed by atoms with E-state index in [1.165, 1.54) is 56.9 Å².